The van der Waals surface area contributed by atoms with Crippen molar-refractivity contribution in [2.24, 2.45) is 0 Å². The Morgan fingerprint density at radius 3 is 2.60 bits per heavy atom. The molecule has 0 amide bonds. The second-order valence-corrected chi connectivity index (χ2v) is 5.50. The standard InChI is InChI=1S/C13H8ClF2NO3/c14-13(1-2-13)8-9(16)7(15)3-5-10(8)17-4-6(11(5)18)12(19)20/h3-4H,1-2H2,(H,17,18)(H,19,20). The van der Waals surface area contributed by atoms with E-state index in [1.165, 1.54) is 0 Å². The SMILES string of the molecule is O=C(O)c1c[nH]c2c(C3(Cl)CC3)c(F)c(F)cc2c1=O. The van der Waals surface area contributed by atoms with Crippen molar-refractivity contribution < 1.29 is 18.7 Å². The molecule has 3 rings (SSSR count). The van der Waals surface area contributed by atoms with Gasteiger partial charge in [0, 0.05) is 17.1 Å². The first-order valence-corrected chi connectivity index (χ1v) is 6.19. The molecule has 1 fully saturated rings. The van der Waals surface area contributed by atoms with Crippen LogP contribution in [0.15, 0.2) is 17.1 Å². The molecular weight excluding hydrogens is 292 g/mol. The van der Waals surface area contributed by atoms with E-state index in [4.69, 9.17) is 16.7 Å². The van der Waals surface area contributed by atoms with Crippen molar-refractivity contribution in [1.29, 1.82) is 0 Å². The van der Waals surface area contributed by atoms with Gasteiger partial charge in [0.1, 0.15) is 5.56 Å². The third-order valence-corrected chi connectivity index (χ3v) is 4.00. The topological polar surface area (TPSA) is 70.2 Å². The quantitative estimate of drug-likeness (QED) is 0.838. The number of hydrogen-bond donors (Lipinski definition) is 2. The van der Waals surface area contributed by atoms with Gasteiger partial charge < -0.3 is 10.1 Å². The molecule has 0 bridgehead atoms. The van der Waals surface area contributed by atoms with Gasteiger partial charge in [-0.2, -0.15) is 0 Å². The van der Waals surface area contributed by atoms with Gasteiger partial charge in [0.2, 0.25) is 5.43 Å². The van der Waals surface area contributed by atoms with Crippen LogP contribution < -0.4 is 5.43 Å². The predicted octanol–water partition coefficient (Wildman–Crippen LogP) is 2.73. The summed E-state index contributed by atoms with van der Waals surface area (Å²) in [5, 5.41) is 8.66. The predicted molar refractivity (Wildman–Crippen MR) is 68.2 cm³/mol. The fourth-order valence-electron chi connectivity index (χ4n) is 2.25. The number of aromatic amines is 1. The zero-order valence-corrected chi connectivity index (χ0v) is 10.7. The average Bonchev–Trinajstić information content (AvgIpc) is 3.10. The van der Waals surface area contributed by atoms with Crippen LogP contribution >= 0.6 is 11.6 Å². The molecule has 0 spiro atoms. The van der Waals surface area contributed by atoms with Crippen molar-refractivity contribution in [3.05, 3.63) is 45.2 Å². The van der Waals surface area contributed by atoms with E-state index in [0.717, 1.165) is 6.20 Å². The molecular formula is C13H8ClF2NO3. The van der Waals surface area contributed by atoms with Gasteiger partial charge in [-0.1, -0.05) is 0 Å². The highest BCUT2D eigenvalue weighted by molar-refractivity contribution is 6.26. The molecule has 0 unspecified atom stereocenters. The molecule has 0 saturated heterocycles. The minimum Gasteiger partial charge on any atom is -0.477 e. The van der Waals surface area contributed by atoms with Gasteiger partial charge in [-0.15, -0.1) is 11.6 Å². The van der Waals surface area contributed by atoms with Crippen molar-refractivity contribution in [1.82, 2.24) is 4.98 Å². The molecule has 1 heterocycles. The Morgan fingerprint density at radius 2 is 2.05 bits per heavy atom. The number of carbonyl (C=O) groups is 1. The lowest BCUT2D eigenvalue weighted by Crippen LogP contribution is -2.18. The summed E-state index contributed by atoms with van der Waals surface area (Å²) in [6.07, 6.45) is 1.90. The maximum Gasteiger partial charge on any atom is 0.341 e. The second-order valence-electron chi connectivity index (χ2n) is 4.77. The number of hydrogen-bond acceptors (Lipinski definition) is 2. The van der Waals surface area contributed by atoms with E-state index < -0.39 is 33.5 Å². The van der Waals surface area contributed by atoms with Crippen molar-refractivity contribution >= 4 is 28.5 Å². The Morgan fingerprint density at radius 1 is 1.40 bits per heavy atom. The zero-order chi connectivity index (χ0) is 14.7. The number of aromatic nitrogens is 1. The number of alkyl halides is 1. The lowest BCUT2D eigenvalue weighted by molar-refractivity contribution is 0.0695. The second kappa shape index (κ2) is 4.02. The Balaban J connectivity index is 2.46. The van der Waals surface area contributed by atoms with E-state index in [2.05, 4.69) is 4.98 Å². The van der Waals surface area contributed by atoms with Crippen LogP contribution in [0.25, 0.3) is 10.9 Å². The monoisotopic (exact) mass is 299 g/mol. The van der Waals surface area contributed by atoms with Crippen LogP contribution in [-0.4, -0.2) is 16.1 Å². The van der Waals surface area contributed by atoms with Crippen LogP contribution in [0.1, 0.15) is 28.8 Å². The number of benzene rings is 1. The number of rotatable bonds is 2. The summed E-state index contributed by atoms with van der Waals surface area (Å²) < 4.78 is 27.6. The molecule has 7 heteroatoms. The molecule has 1 aromatic heterocycles. The minimum atomic E-state index is -1.44. The van der Waals surface area contributed by atoms with Crippen LogP contribution in [0.2, 0.25) is 0 Å². The number of halogens is 3. The van der Waals surface area contributed by atoms with Crippen LogP contribution in [0.4, 0.5) is 8.78 Å². The smallest absolute Gasteiger partial charge is 0.341 e. The van der Waals surface area contributed by atoms with Crippen molar-refractivity contribution in [2.45, 2.75) is 17.7 Å². The van der Waals surface area contributed by atoms with Crippen molar-refractivity contribution in [3.8, 4) is 0 Å². The highest BCUT2D eigenvalue weighted by atomic mass is 35.5. The number of pyridine rings is 1. The first-order valence-electron chi connectivity index (χ1n) is 5.81. The molecule has 1 aromatic carbocycles. The molecule has 0 aliphatic heterocycles. The van der Waals surface area contributed by atoms with Gasteiger partial charge in [0.15, 0.2) is 11.6 Å². The number of fused-ring (bicyclic) bond motifs is 1. The molecule has 2 aromatic rings. The Kier molecular flexibility index (Phi) is 2.62. The van der Waals surface area contributed by atoms with Gasteiger partial charge in [-0.3, -0.25) is 4.79 Å². The first kappa shape index (κ1) is 13.1. The normalized spacial score (nSPS) is 16.4. The number of carboxylic acid groups (broad SMARTS) is 1. The summed E-state index contributed by atoms with van der Waals surface area (Å²) in [5.41, 5.74) is -1.46. The zero-order valence-electron chi connectivity index (χ0n) is 9.97. The minimum absolute atomic E-state index is 0.0476. The van der Waals surface area contributed by atoms with Crippen molar-refractivity contribution in [3.63, 3.8) is 0 Å². The molecule has 104 valence electrons. The van der Waals surface area contributed by atoms with Crippen molar-refractivity contribution in [2.75, 3.05) is 0 Å². The fourth-order valence-corrected chi connectivity index (χ4v) is 2.52. The van der Waals surface area contributed by atoms with E-state index in [1.54, 1.807) is 0 Å². The van der Waals surface area contributed by atoms with Crippen LogP contribution in [-0.2, 0) is 4.87 Å². The summed E-state index contributed by atoms with van der Waals surface area (Å²) in [6.45, 7) is 0. The Hall–Kier alpha value is -1.95. The van der Waals surface area contributed by atoms with Gasteiger partial charge in [-0.05, 0) is 18.9 Å². The third-order valence-electron chi connectivity index (χ3n) is 3.44. The number of H-pyrrole nitrogens is 1. The molecule has 2 N–H and O–H groups in total. The first-order chi connectivity index (χ1) is 9.35. The summed E-state index contributed by atoms with van der Waals surface area (Å²) >= 11 is 6.14. The maximum atomic E-state index is 14.0. The lowest BCUT2D eigenvalue weighted by atomic mass is 10.0. The number of nitrogens with one attached hydrogen (secondary N) is 1. The van der Waals surface area contributed by atoms with E-state index in [9.17, 15) is 18.4 Å². The molecule has 0 atom stereocenters. The molecule has 0 radical (unpaired) electrons. The molecule has 1 aliphatic carbocycles. The average molecular weight is 300 g/mol. The number of aromatic carboxylic acids is 1. The molecule has 20 heavy (non-hydrogen) atoms. The summed E-state index contributed by atoms with van der Waals surface area (Å²) in [6, 6.07) is 0.696. The van der Waals surface area contributed by atoms with Crippen LogP contribution in [0, 0.1) is 11.6 Å². The van der Waals surface area contributed by atoms with E-state index >= 15 is 0 Å². The summed E-state index contributed by atoms with van der Waals surface area (Å²) in [4.78, 5) is 24.4. The Labute approximate surface area is 116 Å². The van der Waals surface area contributed by atoms with E-state index in [-0.39, 0.29) is 16.5 Å². The van der Waals surface area contributed by atoms with E-state index in [0.29, 0.717) is 18.9 Å². The largest absolute Gasteiger partial charge is 0.477 e. The van der Waals surface area contributed by atoms with Gasteiger partial charge in [0.25, 0.3) is 0 Å². The third kappa shape index (κ3) is 1.71. The summed E-state index contributed by atoms with van der Waals surface area (Å²) in [7, 11) is 0. The molecule has 1 aliphatic rings. The van der Waals surface area contributed by atoms with Crippen LogP contribution in [0.5, 0.6) is 0 Å². The van der Waals surface area contributed by atoms with Gasteiger partial charge in [0.05, 0.1) is 10.4 Å². The highest BCUT2D eigenvalue weighted by Crippen LogP contribution is 2.54. The maximum absolute atomic E-state index is 14.0. The lowest BCUT2D eigenvalue weighted by Gasteiger charge is -2.13. The molecule has 4 nitrogen and oxygen atoms in total. The summed E-state index contributed by atoms with van der Waals surface area (Å²) in [5.74, 6) is -3.76. The molecule has 1 saturated carbocycles. The fraction of sp³-hybridized carbons (Fsp3) is 0.231. The van der Waals surface area contributed by atoms with Gasteiger partial charge >= 0.3 is 5.97 Å². The van der Waals surface area contributed by atoms with Crippen LogP contribution in [0.3, 0.4) is 0 Å². The van der Waals surface area contributed by atoms with Gasteiger partial charge in [-0.25, -0.2) is 13.6 Å². The van der Waals surface area contributed by atoms with E-state index in [1.807, 2.05) is 0 Å². The Bertz CT molecular complexity index is 811. The number of carboxylic acids is 1. The highest BCUT2D eigenvalue weighted by Gasteiger charge is 2.46.